The molecule has 1 aromatic rings. The lowest BCUT2D eigenvalue weighted by atomic mass is 10.2. The van der Waals surface area contributed by atoms with Crippen LogP contribution < -0.4 is 15.8 Å². The van der Waals surface area contributed by atoms with E-state index in [1.54, 1.807) is 6.92 Å². The number of amides is 1. The molecular formula is C13H19FN2O2. The Labute approximate surface area is 106 Å². The number of carbonyl (C=O) groups is 1. The Bertz CT molecular complexity index is 421. The van der Waals surface area contributed by atoms with Gasteiger partial charge in [-0.3, -0.25) is 4.79 Å². The highest BCUT2D eigenvalue weighted by Gasteiger charge is 2.15. The molecule has 1 aromatic carbocycles. The van der Waals surface area contributed by atoms with E-state index in [0.29, 0.717) is 18.2 Å². The fourth-order valence-electron chi connectivity index (χ4n) is 1.32. The van der Waals surface area contributed by atoms with Gasteiger partial charge in [-0.25, -0.2) is 4.39 Å². The van der Waals surface area contributed by atoms with E-state index >= 15 is 0 Å². The lowest BCUT2D eigenvalue weighted by molar-refractivity contribution is -0.127. The van der Waals surface area contributed by atoms with Gasteiger partial charge in [-0.2, -0.15) is 0 Å². The Balaban J connectivity index is 2.58. The van der Waals surface area contributed by atoms with Crippen LogP contribution in [0.5, 0.6) is 5.75 Å². The fraction of sp³-hybridized carbons (Fsp3) is 0.462. The van der Waals surface area contributed by atoms with Crippen molar-refractivity contribution in [3.8, 4) is 5.75 Å². The number of anilines is 1. The number of nitrogen functional groups attached to an aromatic ring is 1. The third kappa shape index (κ3) is 4.24. The minimum atomic E-state index is -0.670. The van der Waals surface area contributed by atoms with Crippen LogP contribution in [0.25, 0.3) is 0 Å². The monoisotopic (exact) mass is 254 g/mol. The Hall–Kier alpha value is -1.78. The molecule has 0 aliphatic heterocycles. The first-order valence-corrected chi connectivity index (χ1v) is 5.89. The van der Waals surface area contributed by atoms with Gasteiger partial charge >= 0.3 is 0 Å². The Morgan fingerprint density at radius 2 is 2.11 bits per heavy atom. The van der Waals surface area contributed by atoms with Gasteiger partial charge < -0.3 is 15.8 Å². The summed E-state index contributed by atoms with van der Waals surface area (Å²) in [6.45, 7) is 6.22. The largest absolute Gasteiger partial charge is 0.479 e. The van der Waals surface area contributed by atoms with E-state index in [1.165, 1.54) is 12.1 Å². The predicted molar refractivity (Wildman–Crippen MR) is 68.8 cm³/mol. The Kier molecular flexibility index (Phi) is 4.95. The van der Waals surface area contributed by atoms with Crippen molar-refractivity contribution in [3.05, 3.63) is 24.0 Å². The molecule has 5 heteroatoms. The number of halogens is 1. The van der Waals surface area contributed by atoms with E-state index in [1.807, 2.05) is 13.8 Å². The smallest absolute Gasteiger partial charge is 0.260 e. The van der Waals surface area contributed by atoms with Crippen molar-refractivity contribution in [1.29, 1.82) is 0 Å². The van der Waals surface area contributed by atoms with Gasteiger partial charge in [-0.15, -0.1) is 0 Å². The van der Waals surface area contributed by atoms with Gasteiger partial charge in [-0.05, 0) is 25.0 Å². The van der Waals surface area contributed by atoms with Crippen LogP contribution in [-0.2, 0) is 4.79 Å². The average Bonchev–Trinajstić information content (AvgIpc) is 2.29. The standard InChI is InChI=1S/C13H19FN2O2/c1-8(2)7-16-13(17)9(3)18-12-5-4-10(14)6-11(12)15/h4-6,8-9H,7,15H2,1-3H3,(H,16,17). The van der Waals surface area contributed by atoms with Crippen molar-refractivity contribution in [2.45, 2.75) is 26.9 Å². The molecule has 0 aliphatic rings. The highest BCUT2D eigenvalue weighted by atomic mass is 19.1. The zero-order chi connectivity index (χ0) is 13.7. The highest BCUT2D eigenvalue weighted by Crippen LogP contribution is 2.22. The van der Waals surface area contributed by atoms with Crippen LogP contribution in [-0.4, -0.2) is 18.6 Å². The lowest BCUT2D eigenvalue weighted by Crippen LogP contribution is -2.38. The van der Waals surface area contributed by atoms with E-state index in [2.05, 4.69) is 5.32 Å². The second-order valence-corrected chi connectivity index (χ2v) is 4.58. The van der Waals surface area contributed by atoms with Gasteiger partial charge in [0.15, 0.2) is 6.10 Å². The minimum Gasteiger partial charge on any atom is -0.479 e. The number of nitrogens with two attached hydrogens (primary N) is 1. The van der Waals surface area contributed by atoms with Crippen LogP contribution in [0.15, 0.2) is 18.2 Å². The minimum absolute atomic E-state index is 0.179. The summed E-state index contributed by atoms with van der Waals surface area (Å²) >= 11 is 0. The summed E-state index contributed by atoms with van der Waals surface area (Å²) in [4.78, 5) is 11.7. The van der Waals surface area contributed by atoms with Crippen LogP contribution in [0, 0.1) is 11.7 Å². The van der Waals surface area contributed by atoms with Crippen LogP contribution in [0.3, 0.4) is 0 Å². The van der Waals surface area contributed by atoms with Gasteiger partial charge in [0, 0.05) is 12.6 Å². The SMILES string of the molecule is CC(C)CNC(=O)C(C)Oc1ccc(F)cc1N. The van der Waals surface area contributed by atoms with Crippen LogP contribution in [0.2, 0.25) is 0 Å². The molecule has 18 heavy (non-hydrogen) atoms. The van der Waals surface area contributed by atoms with Crippen molar-refractivity contribution in [2.24, 2.45) is 5.92 Å². The first-order chi connectivity index (χ1) is 8.40. The first-order valence-electron chi connectivity index (χ1n) is 5.89. The van der Waals surface area contributed by atoms with E-state index in [0.717, 1.165) is 6.07 Å². The molecule has 0 fully saturated rings. The number of benzene rings is 1. The molecule has 0 aromatic heterocycles. The first kappa shape index (κ1) is 14.3. The molecule has 4 nitrogen and oxygen atoms in total. The van der Waals surface area contributed by atoms with Gasteiger partial charge in [0.25, 0.3) is 5.91 Å². The summed E-state index contributed by atoms with van der Waals surface area (Å²) in [5.74, 6) is 0.0322. The van der Waals surface area contributed by atoms with Crippen LogP contribution >= 0.6 is 0 Å². The summed E-state index contributed by atoms with van der Waals surface area (Å²) in [5, 5.41) is 2.75. The normalized spacial score (nSPS) is 12.3. The zero-order valence-electron chi connectivity index (χ0n) is 10.9. The third-order valence-corrected chi connectivity index (χ3v) is 2.33. The van der Waals surface area contributed by atoms with Crippen LogP contribution in [0.1, 0.15) is 20.8 Å². The summed E-state index contributed by atoms with van der Waals surface area (Å²) in [6, 6.07) is 3.81. The number of nitrogens with one attached hydrogen (secondary N) is 1. The summed E-state index contributed by atoms with van der Waals surface area (Å²) in [6.07, 6.45) is -0.670. The van der Waals surface area contributed by atoms with E-state index in [4.69, 9.17) is 10.5 Å². The zero-order valence-corrected chi connectivity index (χ0v) is 10.9. The Morgan fingerprint density at radius 3 is 2.67 bits per heavy atom. The predicted octanol–water partition coefficient (Wildman–Crippen LogP) is 1.95. The highest BCUT2D eigenvalue weighted by molar-refractivity contribution is 5.80. The Morgan fingerprint density at radius 1 is 1.44 bits per heavy atom. The molecule has 0 saturated carbocycles. The summed E-state index contributed by atoms with van der Waals surface area (Å²) in [5.41, 5.74) is 5.77. The number of hydrogen-bond acceptors (Lipinski definition) is 3. The molecule has 0 aliphatic carbocycles. The molecule has 1 rings (SSSR count). The number of hydrogen-bond donors (Lipinski definition) is 2. The molecular weight excluding hydrogens is 235 g/mol. The fourth-order valence-corrected chi connectivity index (χ4v) is 1.32. The van der Waals surface area contributed by atoms with Crippen molar-refractivity contribution >= 4 is 11.6 Å². The third-order valence-electron chi connectivity index (χ3n) is 2.33. The molecule has 0 heterocycles. The average molecular weight is 254 g/mol. The van der Waals surface area contributed by atoms with Gasteiger partial charge in [0.05, 0.1) is 5.69 Å². The van der Waals surface area contributed by atoms with Crippen molar-refractivity contribution in [2.75, 3.05) is 12.3 Å². The molecule has 0 saturated heterocycles. The van der Waals surface area contributed by atoms with Gasteiger partial charge in [-0.1, -0.05) is 13.8 Å². The van der Waals surface area contributed by atoms with Crippen LogP contribution in [0.4, 0.5) is 10.1 Å². The van der Waals surface area contributed by atoms with E-state index in [9.17, 15) is 9.18 Å². The topological polar surface area (TPSA) is 64.3 Å². The van der Waals surface area contributed by atoms with Crippen molar-refractivity contribution in [3.63, 3.8) is 0 Å². The quantitative estimate of drug-likeness (QED) is 0.789. The van der Waals surface area contributed by atoms with Gasteiger partial charge in [0.1, 0.15) is 11.6 Å². The molecule has 1 amide bonds. The second-order valence-electron chi connectivity index (χ2n) is 4.58. The number of carbonyl (C=O) groups excluding carboxylic acids is 1. The molecule has 1 atom stereocenters. The number of rotatable bonds is 5. The lowest BCUT2D eigenvalue weighted by Gasteiger charge is -2.16. The molecule has 1 unspecified atom stereocenters. The summed E-state index contributed by atoms with van der Waals surface area (Å²) < 4.78 is 18.2. The maximum atomic E-state index is 12.8. The molecule has 0 bridgehead atoms. The van der Waals surface area contributed by atoms with Gasteiger partial charge in [0.2, 0.25) is 0 Å². The van der Waals surface area contributed by atoms with Crippen molar-refractivity contribution < 1.29 is 13.9 Å². The molecule has 100 valence electrons. The maximum Gasteiger partial charge on any atom is 0.260 e. The maximum absolute atomic E-state index is 12.8. The van der Waals surface area contributed by atoms with E-state index in [-0.39, 0.29) is 11.6 Å². The molecule has 3 N–H and O–H groups in total. The van der Waals surface area contributed by atoms with Crippen molar-refractivity contribution in [1.82, 2.24) is 5.32 Å². The van der Waals surface area contributed by atoms with E-state index < -0.39 is 11.9 Å². The second kappa shape index (κ2) is 6.23. The molecule has 0 spiro atoms. The number of ether oxygens (including phenoxy) is 1. The molecule has 0 radical (unpaired) electrons. The summed E-state index contributed by atoms with van der Waals surface area (Å²) in [7, 11) is 0.